The summed E-state index contributed by atoms with van der Waals surface area (Å²) in [5.41, 5.74) is 3.58. The number of nitrogens with one attached hydrogen (secondary N) is 3. The number of hydrogen-bond acceptors (Lipinski definition) is 7. The number of aromatic amines is 1. The zero-order chi connectivity index (χ0) is 20.8. The number of benzene rings is 1. The van der Waals surface area contributed by atoms with E-state index in [4.69, 9.17) is 0 Å². The van der Waals surface area contributed by atoms with Gasteiger partial charge < -0.3 is 15.6 Å². The van der Waals surface area contributed by atoms with E-state index in [-0.39, 0.29) is 5.91 Å². The van der Waals surface area contributed by atoms with Gasteiger partial charge in [0.25, 0.3) is 5.91 Å². The Bertz CT molecular complexity index is 1120. The monoisotopic (exact) mass is 420 g/mol. The van der Waals surface area contributed by atoms with Gasteiger partial charge in [-0.2, -0.15) is 0 Å². The Morgan fingerprint density at radius 3 is 2.83 bits per heavy atom. The Morgan fingerprint density at radius 2 is 2.03 bits per heavy atom. The molecule has 3 N–H and O–H groups in total. The third-order valence-electron chi connectivity index (χ3n) is 4.45. The molecule has 3 heterocycles. The molecule has 1 amide bonds. The second-order valence-electron chi connectivity index (χ2n) is 6.65. The predicted octanol–water partition coefficient (Wildman–Crippen LogP) is 2.49. The molecule has 0 spiro atoms. The SMILES string of the molecule is O=Cc1ccc(CNC(=O)c2csc(CCNCc3nc4ccccc4[nH]3)n2)cn1. The first kappa shape index (κ1) is 19.9. The molecule has 0 saturated carbocycles. The van der Waals surface area contributed by atoms with E-state index in [9.17, 15) is 9.59 Å². The number of rotatable bonds is 9. The molecular weight excluding hydrogens is 400 g/mol. The number of imidazole rings is 1. The molecule has 0 aliphatic heterocycles. The molecule has 3 aromatic heterocycles. The largest absolute Gasteiger partial charge is 0.347 e. The normalized spacial score (nSPS) is 10.9. The number of thiazole rings is 1. The van der Waals surface area contributed by atoms with E-state index in [0.717, 1.165) is 40.4 Å². The van der Waals surface area contributed by atoms with Crippen LogP contribution in [0.2, 0.25) is 0 Å². The fourth-order valence-electron chi connectivity index (χ4n) is 2.90. The molecule has 152 valence electrons. The summed E-state index contributed by atoms with van der Waals surface area (Å²) in [5.74, 6) is 0.665. The Hall–Kier alpha value is -3.43. The summed E-state index contributed by atoms with van der Waals surface area (Å²) >= 11 is 1.47. The van der Waals surface area contributed by atoms with Crippen LogP contribution in [0, 0.1) is 0 Å². The molecule has 30 heavy (non-hydrogen) atoms. The number of nitrogens with zero attached hydrogens (tertiary/aromatic N) is 3. The number of carbonyl (C=O) groups excluding carboxylic acids is 2. The third kappa shape index (κ3) is 4.94. The van der Waals surface area contributed by atoms with Gasteiger partial charge in [-0.3, -0.25) is 14.6 Å². The lowest BCUT2D eigenvalue weighted by atomic mass is 10.2. The van der Waals surface area contributed by atoms with Gasteiger partial charge in [0.15, 0.2) is 6.29 Å². The molecule has 0 aliphatic rings. The van der Waals surface area contributed by atoms with Crippen LogP contribution in [0.3, 0.4) is 0 Å². The average molecular weight is 420 g/mol. The van der Waals surface area contributed by atoms with E-state index < -0.39 is 0 Å². The molecule has 8 nitrogen and oxygen atoms in total. The number of fused-ring (bicyclic) bond motifs is 1. The second-order valence-corrected chi connectivity index (χ2v) is 7.59. The Labute approximate surface area is 176 Å². The third-order valence-corrected chi connectivity index (χ3v) is 5.36. The summed E-state index contributed by atoms with van der Waals surface area (Å²) in [6.45, 7) is 1.71. The topological polar surface area (TPSA) is 113 Å². The van der Waals surface area contributed by atoms with Crippen LogP contribution in [0.1, 0.15) is 37.4 Å². The summed E-state index contributed by atoms with van der Waals surface area (Å²) in [7, 11) is 0. The van der Waals surface area contributed by atoms with Gasteiger partial charge in [-0.05, 0) is 23.8 Å². The molecule has 1 aromatic carbocycles. The minimum atomic E-state index is -0.229. The lowest BCUT2D eigenvalue weighted by Gasteiger charge is -2.03. The van der Waals surface area contributed by atoms with Crippen LogP contribution in [0.15, 0.2) is 48.0 Å². The molecule has 0 atom stereocenters. The Morgan fingerprint density at radius 1 is 1.13 bits per heavy atom. The van der Waals surface area contributed by atoms with Crippen molar-refractivity contribution in [3.05, 3.63) is 75.8 Å². The first-order chi connectivity index (χ1) is 14.7. The molecule has 4 aromatic rings. The quantitative estimate of drug-likeness (QED) is 0.283. The maximum absolute atomic E-state index is 12.3. The van der Waals surface area contributed by atoms with Crippen LogP contribution in [0.5, 0.6) is 0 Å². The standard InChI is InChI=1S/C21H20N6O2S/c28-12-15-6-5-14(9-23-15)10-24-21(29)18-13-30-20(27-18)7-8-22-11-19-25-16-3-1-2-4-17(16)26-19/h1-6,9,12-13,22H,7-8,10-11H2,(H,24,29)(H,25,26). The number of H-pyrrole nitrogens is 1. The Balaban J connectivity index is 1.22. The van der Waals surface area contributed by atoms with Crippen LogP contribution in [0.4, 0.5) is 0 Å². The lowest BCUT2D eigenvalue weighted by Crippen LogP contribution is -2.23. The van der Waals surface area contributed by atoms with Crippen molar-refractivity contribution < 1.29 is 9.59 Å². The van der Waals surface area contributed by atoms with Crippen molar-refractivity contribution >= 4 is 34.6 Å². The van der Waals surface area contributed by atoms with Crippen LogP contribution in [-0.2, 0) is 19.5 Å². The molecule has 0 fully saturated rings. The molecule has 4 rings (SSSR count). The summed E-state index contributed by atoms with van der Waals surface area (Å²) < 4.78 is 0. The van der Waals surface area contributed by atoms with Crippen molar-refractivity contribution in [3.63, 3.8) is 0 Å². The number of aromatic nitrogens is 4. The zero-order valence-electron chi connectivity index (χ0n) is 16.1. The maximum atomic E-state index is 12.3. The summed E-state index contributed by atoms with van der Waals surface area (Å²) in [4.78, 5) is 39.1. The minimum Gasteiger partial charge on any atom is -0.347 e. The van der Waals surface area contributed by atoms with E-state index in [2.05, 4.69) is 30.6 Å². The fraction of sp³-hybridized carbons (Fsp3) is 0.190. The summed E-state index contributed by atoms with van der Waals surface area (Å²) in [6, 6.07) is 11.3. The van der Waals surface area contributed by atoms with Crippen molar-refractivity contribution in [3.8, 4) is 0 Å². The van der Waals surface area contributed by atoms with Crippen molar-refractivity contribution in [2.75, 3.05) is 6.54 Å². The van der Waals surface area contributed by atoms with Gasteiger partial charge in [-0.25, -0.2) is 9.97 Å². The van der Waals surface area contributed by atoms with E-state index in [1.54, 1.807) is 23.7 Å². The van der Waals surface area contributed by atoms with E-state index >= 15 is 0 Å². The molecule has 0 aliphatic carbocycles. The highest BCUT2D eigenvalue weighted by molar-refractivity contribution is 7.09. The van der Waals surface area contributed by atoms with Gasteiger partial charge in [0.05, 0.1) is 22.6 Å². The van der Waals surface area contributed by atoms with Crippen molar-refractivity contribution in [2.24, 2.45) is 0 Å². The molecule has 0 unspecified atom stereocenters. The van der Waals surface area contributed by atoms with Gasteiger partial charge in [0, 0.05) is 31.1 Å². The summed E-state index contributed by atoms with van der Waals surface area (Å²) in [5, 5.41) is 8.82. The minimum absolute atomic E-state index is 0.229. The molecule has 9 heteroatoms. The molecule has 0 bridgehead atoms. The van der Waals surface area contributed by atoms with Crippen LogP contribution >= 0.6 is 11.3 Å². The number of amides is 1. The highest BCUT2D eigenvalue weighted by Crippen LogP contribution is 2.12. The van der Waals surface area contributed by atoms with Gasteiger partial charge >= 0.3 is 0 Å². The van der Waals surface area contributed by atoms with Gasteiger partial charge in [-0.15, -0.1) is 11.3 Å². The van der Waals surface area contributed by atoms with E-state index in [1.807, 2.05) is 24.3 Å². The Kier molecular flexibility index (Phi) is 6.21. The average Bonchev–Trinajstić information content (AvgIpc) is 3.42. The van der Waals surface area contributed by atoms with Crippen molar-refractivity contribution in [2.45, 2.75) is 19.5 Å². The van der Waals surface area contributed by atoms with Crippen molar-refractivity contribution in [1.82, 2.24) is 30.6 Å². The first-order valence-corrected chi connectivity index (χ1v) is 10.4. The van der Waals surface area contributed by atoms with Gasteiger partial charge in [0.1, 0.15) is 17.2 Å². The highest BCUT2D eigenvalue weighted by atomic mass is 32.1. The fourth-order valence-corrected chi connectivity index (χ4v) is 3.68. The number of pyridine rings is 1. The lowest BCUT2D eigenvalue weighted by molar-refractivity contribution is 0.0946. The highest BCUT2D eigenvalue weighted by Gasteiger charge is 2.11. The van der Waals surface area contributed by atoms with Crippen LogP contribution in [0.25, 0.3) is 11.0 Å². The van der Waals surface area contributed by atoms with Gasteiger partial charge in [-0.1, -0.05) is 18.2 Å². The zero-order valence-corrected chi connectivity index (χ0v) is 16.9. The van der Waals surface area contributed by atoms with E-state index in [1.165, 1.54) is 11.3 Å². The van der Waals surface area contributed by atoms with Crippen molar-refractivity contribution in [1.29, 1.82) is 0 Å². The number of para-hydroxylation sites is 2. The second kappa shape index (κ2) is 9.38. The smallest absolute Gasteiger partial charge is 0.271 e. The van der Waals surface area contributed by atoms with Gasteiger partial charge in [0.2, 0.25) is 0 Å². The van der Waals surface area contributed by atoms with Crippen LogP contribution in [-0.4, -0.2) is 38.7 Å². The van der Waals surface area contributed by atoms with Crippen LogP contribution < -0.4 is 10.6 Å². The first-order valence-electron chi connectivity index (χ1n) is 9.48. The molecule has 0 radical (unpaired) electrons. The number of carbonyl (C=O) groups is 2. The molecule has 0 saturated heterocycles. The van der Waals surface area contributed by atoms with E-state index in [0.29, 0.717) is 30.8 Å². The number of aldehydes is 1. The number of hydrogen-bond donors (Lipinski definition) is 3. The predicted molar refractivity (Wildman–Crippen MR) is 114 cm³/mol. The summed E-state index contributed by atoms with van der Waals surface area (Å²) in [6.07, 6.45) is 2.99. The molecular formula is C21H20N6O2S. The maximum Gasteiger partial charge on any atom is 0.271 e.